The molecule has 4 aromatic rings. The van der Waals surface area contributed by atoms with Gasteiger partial charge in [0, 0.05) is 24.3 Å². The molecule has 2 aromatic carbocycles. The van der Waals surface area contributed by atoms with Crippen molar-refractivity contribution in [2.45, 2.75) is 31.3 Å². The number of hydrogen-bond donors (Lipinski definition) is 2. The lowest BCUT2D eigenvalue weighted by Gasteiger charge is -2.15. The predicted molar refractivity (Wildman–Crippen MR) is 116 cm³/mol. The summed E-state index contributed by atoms with van der Waals surface area (Å²) in [6, 6.07) is 13.5. The zero-order chi connectivity index (χ0) is 22.0. The summed E-state index contributed by atoms with van der Waals surface area (Å²) in [5.74, 6) is 1.64. The lowest BCUT2D eigenvalue weighted by Crippen LogP contribution is -2.29. The Morgan fingerprint density at radius 2 is 1.84 bits per heavy atom. The Hall–Kier alpha value is -3.37. The average molecular weight is 442 g/mol. The van der Waals surface area contributed by atoms with Crippen LogP contribution >= 0.6 is 0 Å². The van der Waals surface area contributed by atoms with Gasteiger partial charge >= 0.3 is 6.01 Å². The first-order chi connectivity index (χ1) is 14.9. The number of sulfonamides is 1. The molecule has 10 heteroatoms. The molecule has 162 valence electrons. The maximum atomic E-state index is 12.8. The lowest BCUT2D eigenvalue weighted by molar-refractivity contribution is 0.408. The highest BCUT2D eigenvalue weighted by Gasteiger charge is 2.24. The highest BCUT2D eigenvalue weighted by molar-refractivity contribution is 7.89. The van der Waals surface area contributed by atoms with Crippen molar-refractivity contribution < 1.29 is 17.9 Å². The van der Waals surface area contributed by atoms with Crippen molar-refractivity contribution in [2.24, 2.45) is 0 Å². The largest absolute Gasteiger partial charge is 0.497 e. The topological polar surface area (TPSA) is 111 Å². The Bertz CT molecular complexity index is 1300. The van der Waals surface area contributed by atoms with Gasteiger partial charge in [0.15, 0.2) is 5.82 Å². The molecule has 0 radical (unpaired) electrons. The van der Waals surface area contributed by atoms with Gasteiger partial charge in [0.2, 0.25) is 10.0 Å². The van der Waals surface area contributed by atoms with E-state index in [-0.39, 0.29) is 4.90 Å². The number of benzene rings is 2. The third-order valence-electron chi connectivity index (χ3n) is 4.89. The Morgan fingerprint density at radius 3 is 2.55 bits per heavy atom. The van der Waals surface area contributed by atoms with Crippen molar-refractivity contribution in [1.82, 2.24) is 24.5 Å². The Morgan fingerprint density at radius 1 is 1.10 bits per heavy atom. The molecule has 0 aliphatic carbocycles. The number of rotatable bonds is 8. The first-order valence-corrected chi connectivity index (χ1v) is 11.2. The third-order valence-corrected chi connectivity index (χ3v) is 6.44. The molecule has 1 atom stereocenters. The number of nitrogens with one attached hydrogen (secondary N) is 2. The standard InChI is InChI=1S/C21H23N5O4S/c1-4-26-20(14(2)25-31(27,28)18-9-7-16(29-3)8-10-18)23-24-21(26)30-17-6-5-15-11-12-22-19(15)13-17/h5-14,22,25H,4H2,1-3H3. The van der Waals surface area contributed by atoms with Crippen LogP contribution in [0.25, 0.3) is 10.9 Å². The summed E-state index contributed by atoms with van der Waals surface area (Å²) in [6.07, 6.45) is 1.86. The molecule has 0 fully saturated rings. The third kappa shape index (κ3) is 4.25. The molecule has 2 aromatic heterocycles. The molecular weight excluding hydrogens is 418 g/mol. The summed E-state index contributed by atoms with van der Waals surface area (Å²) in [5, 5.41) is 9.37. The van der Waals surface area contributed by atoms with Crippen LogP contribution in [-0.4, -0.2) is 35.3 Å². The number of fused-ring (bicyclic) bond motifs is 1. The van der Waals surface area contributed by atoms with Gasteiger partial charge in [0.25, 0.3) is 0 Å². The van der Waals surface area contributed by atoms with Crippen LogP contribution < -0.4 is 14.2 Å². The molecule has 0 bridgehead atoms. The first-order valence-electron chi connectivity index (χ1n) is 9.75. The highest BCUT2D eigenvalue weighted by atomic mass is 32.2. The zero-order valence-corrected chi connectivity index (χ0v) is 18.2. The first kappa shape index (κ1) is 20.9. The van der Waals surface area contributed by atoms with E-state index in [2.05, 4.69) is 19.9 Å². The van der Waals surface area contributed by atoms with E-state index >= 15 is 0 Å². The lowest BCUT2D eigenvalue weighted by atomic mass is 10.2. The Balaban J connectivity index is 1.55. The van der Waals surface area contributed by atoms with E-state index in [1.54, 1.807) is 23.6 Å². The van der Waals surface area contributed by atoms with Crippen molar-refractivity contribution >= 4 is 20.9 Å². The molecule has 4 rings (SSSR count). The molecule has 1 unspecified atom stereocenters. The summed E-state index contributed by atoms with van der Waals surface area (Å²) in [4.78, 5) is 3.28. The SMILES string of the molecule is CCn1c(Oc2ccc3cc[nH]c3c2)nnc1C(C)NS(=O)(=O)c1ccc(OC)cc1. The molecule has 0 aliphatic heterocycles. The van der Waals surface area contributed by atoms with Crippen molar-refractivity contribution in [3.05, 3.63) is 60.6 Å². The summed E-state index contributed by atoms with van der Waals surface area (Å²) < 4.78 is 40.9. The minimum Gasteiger partial charge on any atom is -0.497 e. The van der Waals surface area contributed by atoms with Crippen LogP contribution in [0.3, 0.4) is 0 Å². The van der Waals surface area contributed by atoms with Gasteiger partial charge in [-0.25, -0.2) is 13.1 Å². The molecule has 0 aliphatic rings. The van der Waals surface area contributed by atoms with Crippen LogP contribution in [0.5, 0.6) is 17.5 Å². The van der Waals surface area contributed by atoms with E-state index < -0.39 is 16.1 Å². The van der Waals surface area contributed by atoms with E-state index in [0.717, 1.165) is 10.9 Å². The quantitative estimate of drug-likeness (QED) is 0.432. The second-order valence-corrected chi connectivity index (χ2v) is 8.65. The molecule has 0 saturated carbocycles. The van der Waals surface area contributed by atoms with Crippen LogP contribution in [0.15, 0.2) is 59.6 Å². The zero-order valence-electron chi connectivity index (χ0n) is 17.4. The number of ether oxygens (including phenoxy) is 2. The number of aromatic amines is 1. The van der Waals surface area contributed by atoms with Gasteiger partial charge in [0.05, 0.1) is 18.0 Å². The molecule has 9 nitrogen and oxygen atoms in total. The van der Waals surface area contributed by atoms with Crippen LogP contribution in [0, 0.1) is 0 Å². The van der Waals surface area contributed by atoms with Gasteiger partial charge in [0.1, 0.15) is 11.5 Å². The van der Waals surface area contributed by atoms with Crippen LogP contribution in [-0.2, 0) is 16.6 Å². The predicted octanol–water partition coefficient (Wildman–Crippen LogP) is 3.62. The van der Waals surface area contributed by atoms with E-state index in [9.17, 15) is 8.42 Å². The van der Waals surface area contributed by atoms with Gasteiger partial charge in [-0.2, -0.15) is 0 Å². The van der Waals surface area contributed by atoms with E-state index in [1.165, 1.54) is 19.2 Å². The molecule has 2 heterocycles. The van der Waals surface area contributed by atoms with Crippen molar-refractivity contribution in [3.8, 4) is 17.5 Å². The normalized spacial score (nSPS) is 12.7. The molecule has 0 saturated heterocycles. The van der Waals surface area contributed by atoms with Crippen LogP contribution in [0.4, 0.5) is 0 Å². The maximum Gasteiger partial charge on any atom is 0.322 e. The van der Waals surface area contributed by atoms with E-state index in [1.807, 2.05) is 37.4 Å². The Kier molecular flexibility index (Phi) is 5.66. The van der Waals surface area contributed by atoms with Gasteiger partial charge in [-0.15, -0.1) is 5.10 Å². The molecule has 2 N–H and O–H groups in total. The highest BCUT2D eigenvalue weighted by Crippen LogP contribution is 2.26. The second-order valence-electron chi connectivity index (χ2n) is 6.93. The van der Waals surface area contributed by atoms with Gasteiger partial charge < -0.3 is 14.5 Å². The van der Waals surface area contributed by atoms with Crippen molar-refractivity contribution in [3.63, 3.8) is 0 Å². The number of methoxy groups -OCH3 is 1. The van der Waals surface area contributed by atoms with Crippen LogP contribution in [0.1, 0.15) is 25.7 Å². The molecule has 31 heavy (non-hydrogen) atoms. The summed E-state index contributed by atoms with van der Waals surface area (Å²) in [7, 11) is -2.23. The monoisotopic (exact) mass is 441 g/mol. The fourth-order valence-corrected chi connectivity index (χ4v) is 4.50. The van der Waals surface area contributed by atoms with Gasteiger partial charge in [-0.05, 0) is 61.7 Å². The van der Waals surface area contributed by atoms with E-state index in [0.29, 0.717) is 29.9 Å². The van der Waals surface area contributed by atoms with Gasteiger partial charge in [-0.1, -0.05) is 5.10 Å². The van der Waals surface area contributed by atoms with Gasteiger partial charge in [-0.3, -0.25) is 4.57 Å². The fraction of sp³-hybridized carbons (Fsp3) is 0.238. The summed E-state index contributed by atoms with van der Waals surface area (Å²) in [5.41, 5.74) is 0.945. The smallest absolute Gasteiger partial charge is 0.322 e. The molecule has 0 spiro atoms. The summed E-state index contributed by atoms with van der Waals surface area (Å²) in [6.45, 7) is 4.14. The minimum absolute atomic E-state index is 0.137. The summed E-state index contributed by atoms with van der Waals surface area (Å²) >= 11 is 0. The number of hydrogen-bond acceptors (Lipinski definition) is 6. The Labute approximate surface area is 180 Å². The number of aromatic nitrogens is 4. The minimum atomic E-state index is -3.76. The van der Waals surface area contributed by atoms with Crippen LogP contribution in [0.2, 0.25) is 0 Å². The molecular formula is C21H23N5O4S. The van der Waals surface area contributed by atoms with Crippen molar-refractivity contribution in [1.29, 1.82) is 0 Å². The average Bonchev–Trinajstić information content (AvgIpc) is 3.39. The fourth-order valence-electron chi connectivity index (χ4n) is 3.30. The molecule has 0 amide bonds. The maximum absolute atomic E-state index is 12.8. The second kappa shape index (κ2) is 8.40. The van der Waals surface area contributed by atoms with Crippen molar-refractivity contribution in [2.75, 3.05) is 7.11 Å². The number of H-pyrrole nitrogens is 1. The number of nitrogens with zero attached hydrogens (tertiary/aromatic N) is 3. The van der Waals surface area contributed by atoms with E-state index in [4.69, 9.17) is 9.47 Å².